The molecule has 2 rings (SSSR count). The molecule has 18 heavy (non-hydrogen) atoms. The Kier molecular flexibility index (Phi) is 6.41. The number of nitrogens with one attached hydrogen (secondary N) is 1. The Morgan fingerprint density at radius 1 is 1.17 bits per heavy atom. The van der Waals surface area contributed by atoms with E-state index in [1.165, 1.54) is 38.8 Å². The largest absolute Gasteiger partial charge is 0.385 e. The third-order valence-corrected chi connectivity index (χ3v) is 4.14. The quantitative estimate of drug-likeness (QED) is 0.663. The first-order chi connectivity index (χ1) is 8.90. The zero-order valence-electron chi connectivity index (χ0n) is 11.7. The van der Waals surface area contributed by atoms with Crippen molar-refractivity contribution in [3.05, 3.63) is 0 Å². The van der Waals surface area contributed by atoms with Crippen molar-refractivity contribution in [2.45, 2.75) is 44.2 Å². The number of fused-ring (bicyclic) bond motifs is 1. The molecular weight excluding hydrogens is 228 g/mol. The zero-order chi connectivity index (χ0) is 12.6. The molecule has 2 unspecified atom stereocenters. The molecule has 1 N–H and O–H groups in total. The van der Waals surface area contributed by atoms with E-state index < -0.39 is 0 Å². The first-order valence-corrected chi connectivity index (χ1v) is 7.44. The van der Waals surface area contributed by atoms with E-state index in [0.29, 0.717) is 6.04 Å². The van der Waals surface area contributed by atoms with Crippen molar-refractivity contribution in [2.75, 3.05) is 46.6 Å². The number of nitrogens with zero attached hydrogens (tertiary/aromatic N) is 1. The van der Waals surface area contributed by atoms with Gasteiger partial charge in [0.15, 0.2) is 0 Å². The lowest BCUT2D eigenvalue weighted by atomic mass is 9.98. The van der Waals surface area contributed by atoms with E-state index in [1.807, 2.05) is 0 Å². The lowest BCUT2D eigenvalue weighted by Gasteiger charge is -2.35. The standard InChI is InChI=1S/C14H28N2O2/c1-17-9-3-10-18-11-6-15-13-5-8-16-7-2-4-14(16)12-13/h13-15H,2-12H2,1H3. The molecule has 2 heterocycles. The van der Waals surface area contributed by atoms with Crippen LogP contribution < -0.4 is 5.32 Å². The van der Waals surface area contributed by atoms with Gasteiger partial charge < -0.3 is 19.7 Å². The Morgan fingerprint density at radius 2 is 2.11 bits per heavy atom. The van der Waals surface area contributed by atoms with Crippen LogP contribution in [0.3, 0.4) is 0 Å². The zero-order valence-corrected chi connectivity index (χ0v) is 11.7. The van der Waals surface area contributed by atoms with Gasteiger partial charge in [-0.15, -0.1) is 0 Å². The lowest BCUT2D eigenvalue weighted by molar-refractivity contribution is 0.0987. The molecule has 0 amide bonds. The van der Waals surface area contributed by atoms with E-state index in [-0.39, 0.29) is 0 Å². The predicted molar refractivity (Wildman–Crippen MR) is 72.9 cm³/mol. The molecule has 4 heteroatoms. The minimum absolute atomic E-state index is 0.715. The summed E-state index contributed by atoms with van der Waals surface area (Å²) < 4.78 is 10.5. The highest BCUT2D eigenvalue weighted by Gasteiger charge is 2.31. The summed E-state index contributed by atoms with van der Waals surface area (Å²) in [6, 6.07) is 1.57. The number of hydrogen-bond donors (Lipinski definition) is 1. The van der Waals surface area contributed by atoms with Gasteiger partial charge in [0.05, 0.1) is 6.61 Å². The van der Waals surface area contributed by atoms with Gasteiger partial charge in [-0.3, -0.25) is 0 Å². The van der Waals surface area contributed by atoms with Crippen molar-refractivity contribution in [1.82, 2.24) is 10.2 Å². The van der Waals surface area contributed by atoms with Crippen molar-refractivity contribution in [3.8, 4) is 0 Å². The van der Waals surface area contributed by atoms with Crippen molar-refractivity contribution >= 4 is 0 Å². The van der Waals surface area contributed by atoms with Crippen molar-refractivity contribution in [1.29, 1.82) is 0 Å². The molecule has 2 saturated heterocycles. The molecular formula is C14H28N2O2. The molecule has 0 spiro atoms. The first kappa shape index (κ1) is 14.3. The van der Waals surface area contributed by atoms with Gasteiger partial charge in [0.25, 0.3) is 0 Å². The number of methoxy groups -OCH3 is 1. The van der Waals surface area contributed by atoms with Crippen LogP contribution in [0.4, 0.5) is 0 Å². The molecule has 2 aliphatic heterocycles. The molecule has 4 nitrogen and oxygen atoms in total. The van der Waals surface area contributed by atoms with Gasteiger partial charge in [-0.25, -0.2) is 0 Å². The summed E-state index contributed by atoms with van der Waals surface area (Å²) >= 11 is 0. The minimum atomic E-state index is 0.715. The fourth-order valence-corrected chi connectivity index (χ4v) is 3.15. The summed E-state index contributed by atoms with van der Waals surface area (Å²) in [6.45, 7) is 6.06. The molecule has 0 radical (unpaired) electrons. The molecule has 0 bridgehead atoms. The van der Waals surface area contributed by atoms with Crippen LogP contribution in [0.5, 0.6) is 0 Å². The third kappa shape index (κ3) is 4.50. The summed E-state index contributed by atoms with van der Waals surface area (Å²) in [5.74, 6) is 0. The normalized spacial score (nSPS) is 28.5. The maximum Gasteiger partial charge on any atom is 0.0591 e. The van der Waals surface area contributed by atoms with E-state index in [4.69, 9.17) is 9.47 Å². The van der Waals surface area contributed by atoms with Crippen LogP contribution in [0.1, 0.15) is 32.1 Å². The summed E-state index contributed by atoms with van der Waals surface area (Å²) in [7, 11) is 1.73. The fraction of sp³-hybridized carbons (Fsp3) is 1.00. The Bertz CT molecular complexity index is 226. The SMILES string of the molecule is COCCCOCCNC1CCN2CCCC2C1. The highest BCUT2D eigenvalue weighted by atomic mass is 16.5. The van der Waals surface area contributed by atoms with E-state index in [2.05, 4.69) is 10.2 Å². The van der Waals surface area contributed by atoms with Gasteiger partial charge >= 0.3 is 0 Å². The van der Waals surface area contributed by atoms with E-state index in [1.54, 1.807) is 7.11 Å². The van der Waals surface area contributed by atoms with E-state index in [0.717, 1.165) is 38.8 Å². The van der Waals surface area contributed by atoms with Gasteiger partial charge in [-0.2, -0.15) is 0 Å². The van der Waals surface area contributed by atoms with Gasteiger partial charge in [0, 0.05) is 39.0 Å². The van der Waals surface area contributed by atoms with Gasteiger partial charge in [0.2, 0.25) is 0 Å². The maximum atomic E-state index is 5.56. The van der Waals surface area contributed by atoms with Crippen LogP contribution in [-0.4, -0.2) is 63.5 Å². The number of rotatable bonds is 8. The molecule has 0 saturated carbocycles. The Balaban J connectivity index is 1.47. The number of piperidine rings is 1. The molecule has 0 aromatic carbocycles. The van der Waals surface area contributed by atoms with Crippen LogP contribution in [0.25, 0.3) is 0 Å². The van der Waals surface area contributed by atoms with Crippen molar-refractivity contribution in [3.63, 3.8) is 0 Å². The molecule has 0 aromatic rings. The highest BCUT2D eigenvalue weighted by molar-refractivity contribution is 4.88. The smallest absolute Gasteiger partial charge is 0.0591 e. The molecule has 0 aliphatic carbocycles. The fourth-order valence-electron chi connectivity index (χ4n) is 3.15. The molecule has 2 atom stereocenters. The predicted octanol–water partition coefficient (Wildman–Crippen LogP) is 1.26. The summed E-state index contributed by atoms with van der Waals surface area (Å²) in [6.07, 6.45) is 6.45. The highest BCUT2D eigenvalue weighted by Crippen LogP contribution is 2.26. The monoisotopic (exact) mass is 256 g/mol. The van der Waals surface area contributed by atoms with Gasteiger partial charge in [-0.05, 0) is 45.2 Å². The molecule has 106 valence electrons. The Hall–Kier alpha value is -0.160. The van der Waals surface area contributed by atoms with Crippen molar-refractivity contribution < 1.29 is 9.47 Å². The van der Waals surface area contributed by atoms with Crippen LogP contribution in [0.15, 0.2) is 0 Å². The van der Waals surface area contributed by atoms with Crippen molar-refractivity contribution in [2.24, 2.45) is 0 Å². The van der Waals surface area contributed by atoms with Crippen LogP contribution >= 0.6 is 0 Å². The average Bonchev–Trinajstić information content (AvgIpc) is 2.85. The number of hydrogen-bond acceptors (Lipinski definition) is 4. The topological polar surface area (TPSA) is 33.7 Å². The maximum absolute atomic E-state index is 5.56. The third-order valence-electron chi connectivity index (χ3n) is 4.14. The molecule has 2 aliphatic rings. The lowest BCUT2D eigenvalue weighted by Crippen LogP contribution is -2.46. The van der Waals surface area contributed by atoms with Gasteiger partial charge in [0.1, 0.15) is 0 Å². The molecule has 2 fully saturated rings. The van der Waals surface area contributed by atoms with E-state index in [9.17, 15) is 0 Å². The summed E-state index contributed by atoms with van der Waals surface area (Å²) in [5, 5.41) is 3.64. The van der Waals surface area contributed by atoms with Gasteiger partial charge in [-0.1, -0.05) is 0 Å². The number of ether oxygens (including phenoxy) is 2. The second-order valence-corrected chi connectivity index (χ2v) is 5.47. The summed E-state index contributed by atoms with van der Waals surface area (Å²) in [4.78, 5) is 2.67. The van der Waals surface area contributed by atoms with Crippen LogP contribution in [0, 0.1) is 0 Å². The Labute approximate surface area is 111 Å². The van der Waals surface area contributed by atoms with Crippen LogP contribution in [0.2, 0.25) is 0 Å². The van der Waals surface area contributed by atoms with Crippen LogP contribution in [-0.2, 0) is 9.47 Å². The first-order valence-electron chi connectivity index (χ1n) is 7.44. The Morgan fingerprint density at radius 3 is 3.00 bits per heavy atom. The second kappa shape index (κ2) is 8.10. The molecule has 0 aromatic heterocycles. The second-order valence-electron chi connectivity index (χ2n) is 5.47. The average molecular weight is 256 g/mol. The minimum Gasteiger partial charge on any atom is -0.385 e. The van der Waals surface area contributed by atoms with E-state index >= 15 is 0 Å². The summed E-state index contributed by atoms with van der Waals surface area (Å²) in [5.41, 5.74) is 0.